The second kappa shape index (κ2) is 14.6. The predicted molar refractivity (Wildman–Crippen MR) is 275 cm³/mol. The highest BCUT2D eigenvalue weighted by atomic mass is 32.1. The fourth-order valence-electron chi connectivity index (χ4n) is 10.2. The van der Waals surface area contributed by atoms with E-state index in [1.165, 1.54) is 75.0 Å². The van der Waals surface area contributed by atoms with Crippen molar-refractivity contribution in [2.45, 2.75) is 12.5 Å². The summed E-state index contributed by atoms with van der Waals surface area (Å²) in [6.07, 6.45) is 7.42. The molecule has 13 aromatic rings. The van der Waals surface area contributed by atoms with Gasteiger partial charge in [-0.25, -0.2) is 0 Å². The number of benzene rings is 9. The molecule has 0 fully saturated rings. The van der Waals surface area contributed by atoms with E-state index in [1.807, 2.05) is 23.5 Å². The third-order valence-electron chi connectivity index (χ3n) is 13.3. The molecule has 0 bridgehead atoms. The Balaban J connectivity index is 0.856. The van der Waals surface area contributed by atoms with Crippen molar-refractivity contribution in [1.29, 1.82) is 0 Å². The smallest absolute Gasteiger partial charge is 0.136 e. The molecular weight excluding hydrogens is 797 g/mol. The van der Waals surface area contributed by atoms with Crippen molar-refractivity contribution in [2.24, 2.45) is 0 Å². The van der Waals surface area contributed by atoms with Gasteiger partial charge in [0.15, 0.2) is 0 Å². The van der Waals surface area contributed by atoms with Crippen molar-refractivity contribution in [2.75, 3.05) is 4.90 Å². The second-order valence-electron chi connectivity index (χ2n) is 16.9. The minimum atomic E-state index is -0.00402. The van der Waals surface area contributed by atoms with Crippen LogP contribution >= 0.6 is 11.3 Å². The van der Waals surface area contributed by atoms with E-state index in [0.717, 1.165) is 50.9 Å². The average molecular weight is 837 g/mol. The first-order valence-electron chi connectivity index (χ1n) is 22.0. The summed E-state index contributed by atoms with van der Waals surface area (Å²) in [7, 11) is 0. The molecule has 0 aliphatic carbocycles. The van der Waals surface area contributed by atoms with Crippen LogP contribution in [0.4, 0.5) is 11.4 Å². The molecular formula is C60H40N2OS. The average Bonchev–Trinajstić information content (AvgIpc) is 4.11. The molecule has 0 saturated carbocycles. The lowest BCUT2D eigenvalue weighted by atomic mass is 10.00. The highest BCUT2D eigenvalue weighted by Gasteiger charge is 2.20. The van der Waals surface area contributed by atoms with Crippen LogP contribution in [0.3, 0.4) is 0 Å². The third kappa shape index (κ3) is 5.80. The lowest BCUT2D eigenvalue weighted by Crippen LogP contribution is -2.28. The minimum Gasteiger partial charge on any atom is -0.456 e. The molecule has 13 rings (SSSR count). The topological polar surface area (TPSA) is 20.8 Å². The number of furan rings is 1. The number of aromatic nitrogens is 1. The van der Waals surface area contributed by atoms with Gasteiger partial charge in [-0.15, -0.1) is 17.9 Å². The maximum absolute atomic E-state index is 6.26. The standard InChI is InChI=1S/C60H40N2OS/c1-2-43(12-9-11-38-21-34-59-53(35-38)49-15-5-8-20-58(49)64-59)61(45-30-24-40(25-31-45)42-26-32-48-47-14-4-7-19-56(47)63-57(48)37-42)44-28-22-39(23-29-44)41-27-33-55-52(36-41)51-17-10-16-50-46-13-3-6-18-54(46)62(55)60(50)51/h2-11,13-37,43H,1,12H2. The van der Waals surface area contributed by atoms with Crippen LogP contribution in [0.2, 0.25) is 0 Å². The van der Waals surface area contributed by atoms with Crippen molar-refractivity contribution >= 4 is 109 Å². The first kappa shape index (κ1) is 36.7. The van der Waals surface area contributed by atoms with Gasteiger partial charge in [0.2, 0.25) is 0 Å². The maximum atomic E-state index is 6.26. The van der Waals surface area contributed by atoms with Gasteiger partial charge in [-0.05, 0) is 113 Å². The van der Waals surface area contributed by atoms with E-state index in [9.17, 15) is 0 Å². The van der Waals surface area contributed by atoms with E-state index in [4.69, 9.17) is 4.42 Å². The number of thiophene rings is 1. The summed E-state index contributed by atoms with van der Waals surface area (Å²) in [4.78, 5) is 2.42. The van der Waals surface area contributed by atoms with Crippen LogP contribution in [-0.2, 0) is 0 Å². The molecule has 1 atom stereocenters. The SMILES string of the molecule is C=CC(CC=Cc1ccc2sc3ccccc3c2c1)N(c1ccc(-c2ccc3c(c2)oc2ccccc23)cc1)c1ccc(-c2ccc3c(c2)c2cccc4c5ccccc5n3c42)cc1. The van der Waals surface area contributed by atoms with Gasteiger partial charge in [-0.2, -0.15) is 0 Å². The number of fused-ring (bicyclic) bond motifs is 12. The number of hydrogen-bond acceptors (Lipinski definition) is 3. The van der Waals surface area contributed by atoms with E-state index in [2.05, 4.69) is 216 Å². The number of nitrogens with zero attached hydrogens (tertiary/aromatic N) is 2. The molecule has 64 heavy (non-hydrogen) atoms. The lowest BCUT2D eigenvalue weighted by molar-refractivity contribution is 0.669. The minimum absolute atomic E-state index is 0.00402. The fraction of sp³-hybridized carbons (Fsp3) is 0.0333. The molecule has 4 heteroatoms. The van der Waals surface area contributed by atoms with Gasteiger partial charge in [0.05, 0.1) is 22.6 Å². The van der Waals surface area contributed by atoms with Crippen molar-refractivity contribution in [1.82, 2.24) is 4.40 Å². The molecule has 0 spiro atoms. The highest BCUT2D eigenvalue weighted by Crippen LogP contribution is 2.41. The highest BCUT2D eigenvalue weighted by molar-refractivity contribution is 7.25. The zero-order chi connectivity index (χ0) is 42.3. The Bertz CT molecular complexity index is 3960. The number of hydrogen-bond donors (Lipinski definition) is 0. The van der Waals surface area contributed by atoms with Crippen LogP contribution < -0.4 is 4.90 Å². The van der Waals surface area contributed by atoms with Gasteiger partial charge >= 0.3 is 0 Å². The van der Waals surface area contributed by atoms with E-state index < -0.39 is 0 Å². The zero-order valence-corrected chi connectivity index (χ0v) is 35.7. The maximum Gasteiger partial charge on any atom is 0.136 e. The van der Waals surface area contributed by atoms with Gasteiger partial charge in [-0.3, -0.25) is 0 Å². The van der Waals surface area contributed by atoms with Crippen molar-refractivity contribution in [3.05, 3.63) is 218 Å². The zero-order valence-electron chi connectivity index (χ0n) is 34.9. The van der Waals surface area contributed by atoms with Crippen molar-refractivity contribution < 1.29 is 4.42 Å². The molecule has 9 aromatic carbocycles. The quantitative estimate of drug-likeness (QED) is 0.135. The monoisotopic (exact) mass is 836 g/mol. The van der Waals surface area contributed by atoms with Crippen LogP contribution in [0.5, 0.6) is 0 Å². The summed E-state index contributed by atoms with van der Waals surface area (Å²) >= 11 is 1.85. The molecule has 0 saturated heterocycles. The van der Waals surface area contributed by atoms with E-state index >= 15 is 0 Å². The van der Waals surface area contributed by atoms with Gasteiger partial charge in [0.1, 0.15) is 11.2 Å². The Hall–Kier alpha value is -7.92. The number of anilines is 2. The first-order valence-corrected chi connectivity index (χ1v) is 22.8. The molecule has 4 aromatic heterocycles. The van der Waals surface area contributed by atoms with Gasteiger partial charge < -0.3 is 13.7 Å². The first-order chi connectivity index (χ1) is 31.7. The van der Waals surface area contributed by atoms with E-state index in [1.54, 1.807) is 0 Å². The van der Waals surface area contributed by atoms with Crippen molar-refractivity contribution in [3.8, 4) is 22.3 Å². The van der Waals surface area contributed by atoms with Crippen LogP contribution in [0.1, 0.15) is 12.0 Å². The van der Waals surface area contributed by atoms with Crippen LogP contribution in [0, 0.1) is 0 Å². The molecule has 0 aliphatic rings. The normalized spacial score (nSPS) is 12.7. The van der Waals surface area contributed by atoms with Crippen LogP contribution in [-0.4, -0.2) is 10.4 Å². The van der Waals surface area contributed by atoms with Gasteiger partial charge in [0.25, 0.3) is 0 Å². The number of rotatable bonds is 9. The van der Waals surface area contributed by atoms with E-state index in [0.29, 0.717) is 0 Å². The van der Waals surface area contributed by atoms with Crippen LogP contribution in [0.15, 0.2) is 217 Å². The molecule has 0 aliphatic heterocycles. The summed E-state index contributed by atoms with van der Waals surface area (Å²) in [6, 6.07) is 70.6. The van der Waals surface area contributed by atoms with Gasteiger partial charge in [-0.1, -0.05) is 133 Å². The molecule has 0 radical (unpaired) electrons. The predicted octanol–water partition coefficient (Wildman–Crippen LogP) is 17.2. The number of para-hydroxylation sites is 3. The molecule has 1 unspecified atom stereocenters. The fourth-order valence-corrected chi connectivity index (χ4v) is 11.3. The Morgan fingerprint density at radius 2 is 1.09 bits per heavy atom. The third-order valence-corrected chi connectivity index (χ3v) is 14.4. The molecule has 3 nitrogen and oxygen atoms in total. The summed E-state index contributed by atoms with van der Waals surface area (Å²) in [5.41, 5.74) is 13.7. The largest absolute Gasteiger partial charge is 0.456 e. The molecule has 0 amide bonds. The Morgan fingerprint density at radius 1 is 0.484 bits per heavy atom. The summed E-state index contributed by atoms with van der Waals surface area (Å²) in [5.74, 6) is 0. The van der Waals surface area contributed by atoms with E-state index in [-0.39, 0.29) is 6.04 Å². The summed E-state index contributed by atoms with van der Waals surface area (Å²) in [6.45, 7) is 4.40. The second-order valence-corrected chi connectivity index (χ2v) is 17.9. The Kier molecular flexibility index (Phi) is 8.37. The van der Waals surface area contributed by atoms with Crippen LogP contribution in [0.25, 0.3) is 109 Å². The van der Waals surface area contributed by atoms with Crippen molar-refractivity contribution in [3.63, 3.8) is 0 Å². The Morgan fingerprint density at radius 3 is 1.89 bits per heavy atom. The lowest BCUT2D eigenvalue weighted by Gasteiger charge is -2.32. The molecule has 4 heterocycles. The van der Waals surface area contributed by atoms with Gasteiger partial charge in [0, 0.05) is 63.9 Å². The summed E-state index contributed by atoms with van der Waals surface area (Å²) in [5, 5.41) is 10.1. The summed E-state index contributed by atoms with van der Waals surface area (Å²) < 4.78 is 11.3. The molecule has 0 N–H and O–H groups in total. The molecule has 302 valence electrons. The Labute approximate surface area is 374 Å².